The van der Waals surface area contributed by atoms with Crippen LogP contribution < -0.4 is 16.0 Å². The Hall–Kier alpha value is -3.02. The SMILES string of the molecule is CCOC(=O)Nc1cccc(N[C@H](C)C(=O)Nc2ccccc2C)c1C. The van der Waals surface area contributed by atoms with Crippen LogP contribution in [-0.4, -0.2) is 24.6 Å². The van der Waals surface area contributed by atoms with E-state index in [1.54, 1.807) is 19.9 Å². The van der Waals surface area contributed by atoms with Gasteiger partial charge in [0.1, 0.15) is 6.04 Å². The highest BCUT2D eigenvalue weighted by Crippen LogP contribution is 2.24. The molecule has 0 aromatic heterocycles. The summed E-state index contributed by atoms with van der Waals surface area (Å²) in [6, 6.07) is 12.6. The van der Waals surface area contributed by atoms with E-state index in [1.807, 2.05) is 50.2 Å². The predicted molar refractivity (Wildman–Crippen MR) is 105 cm³/mol. The normalized spacial score (nSPS) is 11.4. The number of carbonyl (C=O) groups excluding carboxylic acids is 2. The summed E-state index contributed by atoms with van der Waals surface area (Å²) < 4.78 is 4.90. The molecule has 2 aromatic carbocycles. The summed E-state index contributed by atoms with van der Waals surface area (Å²) in [5, 5.41) is 8.81. The van der Waals surface area contributed by atoms with Crippen LogP contribution in [0.1, 0.15) is 25.0 Å². The lowest BCUT2D eigenvalue weighted by Crippen LogP contribution is -2.32. The molecular weight excluding hydrogens is 330 g/mol. The Labute approximate surface area is 153 Å². The van der Waals surface area contributed by atoms with Gasteiger partial charge in [0.05, 0.1) is 6.61 Å². The molecule has 0 unspecified atom stereocenters. The van der Waals surface area contributed by atoms with Crippen LogP contribution in [0.5, 0.6) is 0 Å². The molecule has 6 nitrogen and oxygen atoms in total. The van der Waals surface area contributed by atoms with E-state index in [0.717, 1.165) is 22.5 Å². The smallest absolute Gasteiger partial charge is 0.411 e. The van der Waals surface area contributed by atoms with Crippen LogP contribution in [0.2, 0.25) is 0 Å². The third-order valence-corrected chi connectivity index (χ3v) is 4.01. The summed E-state index contributed by atoms with van der Waals surface area (Å²) in [6.07, 6.45) is -0.502. The van der Waals surface area contributed by atoms with Gasteiger partial charge in [0.25, 0.3) is 0 Å². The van der Waals surface area contributed by atoms with Gasteiger partial charge in [0, 0.05) is 17.1 Å². The Balaban J connectivity index is 2.06. The Morgan fingerprint density at radius 1 is 0.962 bits per heavy atom. The maximum Gasteiger partial charge on any atom is 0.411 e. The molecule has 0 saturated carbocycles. The zero-order chi connectivity index (χ0) is 19.1. The molecule has 3 N–H and O–H groups in total. The fourth-order valence-corrected chi connectivity index (χ4v) is 2.46. The van der Waals surface area contributed by atoms with Gasteiger partial charge in [-0.1, -0.05) is 24.3 Å². The van der Waals surface area contributed by atoms with Crippen LogP contribution in [0, 0.1) is 13.8 Å². The molecule has 0 aliphatic rings. The van der Waals surface area contributed by atoms with E-state index in [9.17, 15) is 9.59 Å². The van der Waals surface area contributed by atoms with Crippen molar-refractivity contribution < 1.29 is 14.3 Å². The zero-order valence-electron chi connectivity index (χ0n) is 15.6. The molecule has 2 amide bonds. The Morgan fingerprint density at radius 3 is 2.31 bits per heavy atom. The molecule has 2 rings (SSSR count). The van der Waals surface area contributed by atoms with E-state index in [-0.39, 0.29) is 5.91 Å². The molecule has 0 bridgehead atoms. The molecule has 0 spiro atoms. The molecule has 2 aromatic rings. The van der Waals surface area contributed by atoms with Crippen molar-refractivity contribution in [2.45, 2.75) is 33.7 Å². The summed E-state index contributed by atoms with van der Waals surface area (Å²) in [5.74, 6) is -0.137. The molecule has 0 fully saturated rings. The number of anilines is 3. The van der Waals surface area contributed by atoms with Crippen molar-refractivity contribution in [1.82, 2.24) is 0 Å². The number of rotatable bonds is 6. The number of ether oxygens (including phenoxy) is 1. The first-order chi connectivity index (χ1) is 12.4. The topological polar surface area (TPSA) is 79.5 Å². The average molecular weight is 355 g/mol. The maximum atomic E-state index is 12.5. The third-order valence-electron chi connectivity index (χ3n) is 4.01. The van der Waals surface area contributed by atoms with Crippen LogP contribution in [0.4, 0.5) is 21.9 Å². The van der Waals surface area contributed by atoms with Gasteiger partial charge in [-0.25, -0.2) is 4.79 Å². The highest BCUT2D eigenvalue weighted by atomic mass is 16.5. The summed E-state index contributed by atoms with van der Waals surface area (Å²) in [7, 11) is 0. The average Bonchev–Trinajstić information content (AvgIpc) is 2.60. The summed E-state index contributed by atoms with van der Waals surface area (Å²) in [5.41, 5.74) is 4.04. The Kier molecular flexibility index (Phi) is 6.60. The van der Waals surface area contributed by atoms with Gasteiger partial charge in [0.2, 0.25) is 5.91 Å². The molecular formula is C20H25N3O3. The van der Waals surface area contributed by atoms with E-state index in [4.69, 9.17) is 4.74 Å². The number of hydrogen-bond acceptors (Lipinski definition) is 4. The third kappa shape index (κ3) is 4.99. The molecule has 0 saturated heterocycles. The molecule has 0 heterocycles. The van der Waals surface area contributed by atoms with Crippen molar-refractivity contribution >= 4 is 29.1 Å². The largest absolute Gasteiger partial charge is 0.450 e. The highest BCUT2D eigenvalue weighted by molar-refractivity contribution is 5.97. The van der Waals surface area contributed by atoms with Crippen LogP contribution in [-0.2, 0) is 9.53 Å². The van der Waals surface area contributed by atoms with Crippen LogP contribution >= 0.6 is 0 Å². The van der Waals surface area contributed by atoms with E-state index < -0.39 is 12.1 Å². The number of benzene rings is 2. The number of amides is 2. The lowest BCUT2D eigenvalue weighted by molar-refractivity contribution is -0.116. The molecule has 138 valence electrons. The van der Waals surface area contributed by atoms with Gasteiger partial charge < -0.3 is 15.4 Å². The van der Waals surface area contributed by atoms with Gasteiger partial charge in [0.15, 0.2) is 0 Å². The van der Waals surface area contributed by atoms with Crippen LogP contribution in [0.3, 0.4) is 0 Å². The first-order valence-corrected chi connectivity index (χ1v) is 8.58. The zero-order valence-corrected chi connectivity index (χ0v) is 15.6. The number of hydrogen-bond donors (Lipinski definition) is 3. The van der Waals surface area contributed by atoms with Crippen molar-refractivity contribution in [2.75, 3.05) is 22.6 Å². The monoisotopic (exact) mass is 355 g/mol. The van der Waals surface area contributed by atoms with Gasteiger partial charge in [-0.3, -0.25) is 10.1 Å². The van der Waals surface area contributed by atoms with Crippen molar-refractivity contribution in [1.29, 1.82) is 0 Å². The van der Waals surface area contributed by atoms with Gasteiger partial charge in [-0.15, -0.1) is 0 Å². The van der Waals surface area contributed by atoms with Crippen molar-refractivity contribution in [3.05, 3.63) is 53.6 Å². The fourth-order valence-electron chi connectivity index (χ4n) is 2.46. The summed E-state index contributed by atoms with van der Waals surface area (Å²) in [6.45, 7) is 7.66. The minimum atomic E-state index is -0.502. The van der Waals surface area contributed by atoms with Crippen LogP contribution in [0.15, 0.2) is 42.5 Å². The van der Waals surface area contributed by atoms with Gasteiger partial charge in [-0.05, 0) is 57.0 Å². The lowest BCUT2D eigenvalue weighted by atomic mass is 10.1. The Bertz CT molecular complexity index is 790. The second-order valence-corrected chi connectivity index (χ2v) is 5.99. The van der Waals surface area contributed by atoms with Crippen molar-refractivity contribution in [2.24, 2.45) is 0 Å². The standard InChI is InChI=1S/C20H25N3O3/c1-5-26-20(25)23-18-12-8-11-17(14(18)3)21-15(4)19(24)22-16-10-7-6-9-13(16)2/h6-12,15,21H,5H2,1-4H3,(H,22,24)(H,23,25)/t15-/m1/s1. The minimum Gasteiger partial charge on any atom is -0.450 e. The molecule has 0 aliphatic carbocycles. The second kappa shape index (κ2) is 8.89. The van der Waals surface area contributed by atoms with Gasteiger partial charge in [-0.2, -0.15) is 0 Å². The quantitative estimate of drug-likeness (QED) is 0.721. The number of para-hydroxylation sites is 1. The summed E-state index contributed by atoms with van der Waals surface area (Å²) in [4.78, 5) is 24.1. The van der Waals surface area contributed by atoms with Crippen LogP contribution in [0.25, 0.3) is 0 Å². The first kappa shape index (κ1) is 19.3. The molecule has 6 heteroatoms. The van der Waals surface area contributed by atoms with Crippen molar-refractivity contribution in [3.63, 3.8) is 0 Å². The first-order valence-electron chi connectivity index (χ1n) is 8.58. The second-order valence-electron chi connectivity index (χ2n) is 5.99. The minimum absolute atomic E-state index is 0.137. The maximum absolute atomic E-state index is 12.5. The molecule has 1 atom stereocenters. The fraction of sp³-hybridized carbons (Fsp3) is 0.300. The van der Waals surface area contributed by atoms with E-state index in [1.165, 1.54) is 0 Å². The van der Waals surface area contributed by atoms with Crippen molar-refractivity contribution in [3.8, 4) is 0 Å². The Morgan fingerprint density at radius 2 is 1.62 bits per heavy atom. The predicted octanol–water partition coefficient (Wildman–Crippen LogP) is 4.31. The lowest BCUT2D eigenvalue weighted by Gasteiger charge is -2.19. The summed E-state index contributed by atoms with van der Waals surface area (Å²) >= 11 is 0. The van der Waals surface area contributed by atoms with Gasteiger partial charge >= 0.3 is 6.09 Å². The number of aryl methyl sites for hydroxylation is 1. The molecule has 26 heavy (non-hydrogen) atoms. The molecule has 0 aliphatic heterocycles. The number of carbonyl (C=O) groups is 2. The molecule has 0 radical (unpaired) electrons. The van der Waals surface area contributed by atoms with E-state index >= 15 is 0 Å². The highest BCUT2D eigenvalue weighted by Gasteiger charge is 2.16. The van der Waals surface area contributed by atoms with E-state index in [0.29, 0.717) is 12.3 Å². The van der Waals surface area contributed by atoms with E-state index in [2.05, 4.69) is 16.0 Å². The number of nitrogens with one attached hydrogen (secondary N) is 3.